The van der Waals surface area contributed by atoms with E-state index in [1.54, 1.807) is 0 Å². The second kappa shape index (κ2) is 3.86. The van der Waals surface area contributed by atoms with Gasteiger partial charge in [-0.1, -0.05) is 0 Å². The van der Waals surface area contributed by atoms with Crippen LogP contribution in [0.1, 0.15) is 35.6 Å². The molecule has 2 aromatic rings. The van der Waals surface area contributed by atoms with E-state index in [9.17, 15) is 5.26 Å². The van der Waals surface area contributed by atoms with Crippen molar-refractivity contribution in [1.29, 1.82) is 5.26 Å². The molecule has 17 heavy (non-hydrogen) atoms. The third kappa shape index (κ3) is 1.79. The van der Waals surface area contributed by atoms with Gasteiger partial charge in [0, 0.05) is 18.9 Å². The molecule has 0 aromatic carbocycles. The molecule has 1 N–H and O–H groups in total. The van der Waals surface area contributed by atoms with Gasteiger partial charge < -0.3 is 9.72 Å². The van der Waals surface area contributed by atoms with Gasteiger partial charge in [0.05, 0.1) is 11.3 Å². The summed E-state index contributed by atoms with van der Waals surface area (Å²) in [5, 5.41) is 12.3. The molecule has 4 heteroatoms. The molecule has 1 saturated carbocycles. The number of nitrogens with one attached hydrogen (secondary N) is 1. The van der Waals surface area contributed by atoms with Crippen molar-refractivity contribution >= 4 is 5.65 Å². The first-order chi connectivity index (χ1) is 8.31. The number of hydrogen-bond acceptors (Lipinski definition) is 3. The van der Waals surface area contributed by atoms with Crippen molar-refractivity contribution in [2.24, 2.45) is 0 Å². The van der Waals surface area contributed by atoms with Gasteiger partial charge in [0.1, 0.15) is 6.07 Å². The molecule has 0 atom stereocenters. The first kappa shape index (κ1) is 10.3. The van der Waals surface area contributed by atoms with Crippen LogP contribution in [-0.2, 0) is 6.54 Å². The van der Waals surface area contributed by atoms with E-state index in [0.717, 1.165) is 17.9 Å². The Bertz CT molecular complexity index is 602. The predicted octanol–water partition coefficient (Wildman–Crippen LogP) is 1.80. The summed E-state index contributed by atoms with van der Waals surface area (Å²) in [7, 11) is 1.89. The molecular formula is C13H14N4. The highest BCUT2D eigenvalue weighted by atomic mass is 15.0. The summed E-state index contributed by atoms with van der Waals surface area (Å²) in [5.41, 5.74) is 3.68. The predicted molar refractivity (Wildman–Crippen MR) is 64.6 cm³/mol. The van der Waals surface area contributed by atoms with Crippen molar-refractivity contribution in [3.8, 4) is 6.07 Å². The van der Waals surface area contributed by atoms with E-state index in [-0.39, 0.29) is 0 Å². The number of imidazole rings is 1. The van der Waals surface area contributed by atoms with E-state index in [0.29, 0.717) is 11.5 Å². The third-order valence-electron chi connectivity index (χ3n) is 3.15. The van der Waals surface area contributed by atoms with Gasteiger partial charge in [0.2, 0.25) is 0 Å². The van der Waals surface area contributed by atoms with Crippen LogP contribution in [0.3, 0.4) is 0 Å². The van der Waals surface area contributed by atoms with Crippen LogP contribution in [0.5, 0.6) is 0 Å². The van der Waals surface area contributed by atoms with Gasteiger partial charge in [-0.25, -0.2) is 4.98 Å². The quantitative estimate of drug-likeness (QED) is 0.868. The minimum Gasteiger partial charge on any atom is -0.314 e. The van der Waals surface area contributed by atoms with Gasteiger partial charge in [0.15, 0.2) is 5.65 Å². The molecule has 0 saturated heterocycles. The number of aromatic nitrogens is 2. The second-order valence-corrected chi connectivity index (χ2v) is 4.57. The highest BCUT2D eigenvalue weighted by molar-refractivity contribution is 5.57. The van der Waals surface area contributed by atoms with Crippen LogP contribution < -0.4 is 5.32 Å². The van der Waals surface area contributed by atoms with Crippen molar-refractivity contribution < 1.29 is 0 Å². The van der Waals surface area contributed by atoms with Gasteiger partial charge in [-0.2, -0.15) is 5.26 Å². The maximum Gasteiger partial charge on any atom is 0.155 e. The van der Waals surface area contributed by atoms with Crippen LogP contribution in [0.2, 0.25) is 0 Å². The Hall–Kier alpha value is -1.86. The van der Waals surface area contributed by atoms with E-state index < -0.39 is 0 Å². The zero-order valence-electron chi connectivity index (χ0n) is 9.77. The van der Waals surface area contributed by atoms with Gasteiger partial charge in [0.25, 0.3) is 0 Å². The van der Waals surface area contributed by atoms with Crippen molar-refractivity contribution in [1.82, 2.24) is 14.7 Å². The summed E-state index contributed by atoms with van der Waals surface area (Å²) in [4.78, 5) is 4.47. The number of hydrogen-bond donors (Lipinski definition) is 1. The molecule has 0 bridgehead atoms. The van der Waals surface area contributed by atoms with Crippen LogP contribution >= 0.6 is 0 Å². The molecule has 3 rings (SSSR count). The van der Waals surface area contributed by atoms with Crippen molar-refractivity contribution in [3.05, 3.63) is 35.3 Å². The van der Waals surface area contributed by atoms with E-state index in [1.807, 2.05) is 23.7 Å². The summed E-state index contributed by atoms with van der Waals surface area (Å²) < 4.78 is 1.98. The van der Waals surface area contributed by atoms with Crippen LogP contribution in [0, 0.1) is 11.3 Å². The van der Waals surface area contributed by atoms with E-state index in [2.05, 4.69) is 22.6 Å². The largest absolute Gasteiger partial charge is 0.314 e. The maximum absolute atomic E-state index is 9.18. The Morgan fingerprint density at radius 2 is 2.35 bits per heavy atom. The average molecular weight is 226 g/mol. The number of rotatable bonds is 3. The Morgan fingerprint density at radius 3 is 3.00 bits per heavy atom. The molecular weight excluding hydrogens is 212 g/mol. The van der Waals surface area contributed by atoms with Crippen molar-refractivity contribution in [2.45, 2.75) is 25.3 Å². The Labute approximate surface area is 99.9 Å². The van der Waals surface area contributed by atoms with Crippen LogP contribution in [0.15, 0.2) is 18.5 Å². The molecule has 2 heterocycles. The van der Waals surface area contributed by atoms with Crippen LogP contribution in [-0.4, -0.2) is 16.4 Å². The SMILES string of the molecule is CNCc1cn2cc(C3CC3)cc(C#N)c2n1. The van der Waals surface area contributed by atoms with E-state index in [4.69, 9.17) is 0 Å². The monoisotopic (exact) mass is 226 g/mol. The summed E-state index contributed by atoms with van der Waals surface area (Å²) in [6.45, 7) is 0.727. The van der Waals surface area contributed by atoms with Crippen molar-refractivity contribution in [3.63, 3.8) is 0 Å². The normalized spacial score (nSPS) is 15.1. The molecule has 0 unspecified atom stereocenters. The number of nitriles is 1. The summed E-state index contributed by atoms with van der Waals surface area (Å²) in [6.07, 6.45) is 6.60. The zero-order chi connectivity index (χ0) is 11.8. The molecule has 0 spiro atoms. The Balaban J connectivity index is 2.15. The summed E-state index contributed by atoms with van der Waals surface area (Å²) in [6, 6.07) is 4.23. The molecule has 1 aliphatic carbocycles. The highest BCUT2D eigenvalue weighted by Gasteiger charge is 2.25. The third-order valence-corrected chi connectivity index (χ3v) is 3.15. The summed E-state index contributed by atoms with van der Waals surface area (Å²) in [5.74, 6) is 0.654. The van der Waals surface area contributed by atoms with Crippen molar-refractivity contribution in [2.75, 3.05) is 7.05 Å². The first-order valence-electron chi connectivity index (χ1n) is 5.88. The van der Waals surface area contributed by atoms with E-state index in [1.165, 1.54) is 18.4 Å². The molecule has 0 amide bonds. The standard InChI is InChI=1S/C13H14N4/c1-15-6-12-8-17-7-11(9-2-3-9)4-10(5-14)13(17)16-12/h4,7-9,15H,2-3,6H2,1H3. The summed E-state index contributed by atoms with van der Waals surface area (Å²) >= 11 is 0. The van der Waals surface area contributed by atoms with Gasteiger partial charge >= 0.3 is 0 Å². The van der Waals surface area contributed by atoms with Crippen LogP contribution in [0.4, 0.5) is 0 Å². The zero-order valence-corrected chi connectivity index (χ0v) is 9.77. The first-order valence-corrected chi connectivity index (χ1v) is 5.88. The molecule has 4 nitrogen and oxygen atoms in total. The van der Waals surface area contributed by atoms with Crippen LogP contribution in [0.25, 0.3) is 5.65 Å². The minimum absolute atomic E-state index is 0.654. The number of nitrogens with zero attached hydrogens (tertiary/aromatic N) is 3. The Morgan fingerprint density at radius 1 is 1.53 bits per heavy atom. The van der Waals surface area contributed by atoms with Gasteiger partial charge in [-0.3, -0.25) is 0 Å². The number of pyridine rings is 1. The smallest absolute Gasteiger partial charge is 0.155 e. The minimum atomic E-state index is 0.654. The lowest BCUT2D eigenvalue weighted by molar-refractivity contribution is 0.798. The lowest BCUT2D eigenvalue weighted by Crippen LogP contribution is -2.04. The van der Waals surface area contributed by atoms with Gasteiger partial charge in [-0.15, -0.1) is 0 Å². The molecule has 1 fully saturated rings. The molecule has 0 aliphatic heterocycles. The Kier molecular flexibility index (Phi) is 2.34. The fourth-order valence-electron chi connectivity index (χ4n) is 2.16. The topological polar surface area (TPSA) is 53.1 Å². The second-order valence-electron chi connectivity index (χ2n) is 4.57. The van der Waals surface area contributed by atoms with E-state index >= 15 is 0 Å². The molecule has 86 valence electrons. The molecule has 1 aliphatic rings. The average Bonchev–Trinajstić information content (AvgIpc) is 3.09. The maximum atomic E-state index is 9.18. The molecule has 0 radical (unpaired) electrons. The molecule has 2 aromatic heterocycles. The fourth-order valence-corrected chi connectivity index (χ4v) is 2.16. The lowest BCUT2D eigenvalue weighted by Gasteiger charge is -2.01. The number of fused-ring (bicyclic) bond motifs is 1. The van der Waals surface area contributed by atoms with Gasteiger partial charge in [-0.05, 0) is 37.4 Å². The lowest BCUT2D eigenvalue weighted by atomic mass is 10.1. The fraction of sp³-hybridized carbons (Fsp3) is 0.385. The highest BCUT2D eigenvalue weighted by Crippen LogP contribution is 2.40.